The van der Waals surface area contributed by atoms with Gasteiger partial charge >= 0.3 is 5.63 Å². The van der Waals surface area contributed by atoms with E-state index in [4.69, 9.17) is 13.9 Å². The van der Waals surface area contributed by atoms with E-state index in [0.717, 1.165) is 27.6 Å². The lowest BCUT2D eigenvalue weighted by atomic mass is 9.98. The van der Waals surface area contributed by atoms with Crippen molar-refractivity contribution >= 4 is 11.0 Å². The van der Waals surface area contributed by atoms with Gasteiger partial charge in [-0.1, -0.05) is 54.6 Å². The second-order valence-corrected chi connectivity index (χ2v) is 6.13. The van der Waals surface area contributed by atoms with Crippen molar-refractivity contribution in [2.24, 2.45) is 0 Å². The van der Waals surface area contributed by atoms with E-state index in [1.807, 2.05) is 42.5 Å². The van der Waals surface area contributed by atoms with Crippen LogP contribution in [0.2, 0.25) is 0 Å². The Hall–Kier alpha value is -3.53. The fourth-order valence-electron chi connectivity index (χ4n) is 3.22. The summed E-state index contributed by atoms with van der Waals surface area (Å²) in [4.78, 5) is 12.1. The summed E-state index contributed by atoms with van der Waals surface area (Å²) in [5.74, 6) is 1.16. The molecule has 0 fully saturated rings. The fourth-order valence-corrected chi connectivity index (χ4v) is 3.22. The second-order valence-electron chi connectivity index (χ2n) is 6.13. The van der Waals surface area contributed by atoms with Crippen molar-refractivity contribution in [1.82, 2.24) is 0 Å². The van der Waals surface area contributed by atoms with Crippen molar-refractivity contribution in [2.75, 3.05) is 14.2 Å². The van der Waals surface area contributed by atoms with Crippen molar-refractivity contribution in [3.05, 3.63) is 83.2 Å². The van der Waals surface area contributed by atoms with Crippen molar-refractivity contribution in [3.8, 4) is 33.8 Å². The highest BCUT2D eigenvalue weighted by atomic mass is 16.5. The lowest BCUT2D eigenvalue weighted by Gasteiger charge is -2.12. The van der Waals surface area contributed by atoms with Crippen LogP contribution in [-0.4, -0.2) is 14.2 Å². The van der Waals surface area contributed by atoms with Gasteiger partial charge in [0.2, 0.25) is 0 Å². The van der Waals surface area contributed by atoms with Crippen molar-refractivity contribution in [1.29, 1.82) is 0 Å². The summed E-state index contributed by atoms with van der Waals surface area (Å²) in [6, 6.07) is 23.2. The normalized spacial score (nSPS) is 10.7. The molecule has 0 spiro atoms. The third-order valence-corrected chi connectivity index (χ3v) is 4.54. The zero-order chi connectivity index (χ0) is 18.8. The Morgan fingerprint density at radius 1 is 0.741 bits per heavy atom. The molecule has 1 heterocycles. The molecule has 4 aromatic rings. The third kappa shape index (κ3) is 3.17. The van der Waals surface area contributed by atoms with Crippen LogP contribution in [0.1, 0.15) is 0 Å². The monoisotopic (exact) mass is 358 g/mol. The van der Waals surface area contributed by atoms with Crippen molar-refractivity contribution in [3.63, 3.8) is 0 Å². The van der Waals surface area contributed by atoms with Crippen LogP contribution >= 0.6 is 0 Å². The quantitative estimate of drug-likeness (QED) is 0.474. The highest BCUT2D eigenvalue weighted by Crippen LogP contribution is 2.37. The van der Waals surface area contributed by atoms with E-state index < -0.39 is 5.63 Å². The maximum absolute atomic E-state index is 12.1. The van der Waals surface area contributed by atoms with E-state index in [1.165, 1.54) is 6.07 Å². The molecule has 4 rings (SSSR count). The van der Waals surface area contributed by atoms with Gasteiger partial charge in [0.1, 0.15) is 17.1 Å². The zero-order valence-electron chi connectivity index (χ0n) is 15.1. The van der Waals surface area contributed by atoms with Crippen LogP contribution in [0.3, 0.4) is 0 Å². The SMILES string of the molecule is COc1cc(OC)c2c(-c3ccc(-c4ccccc4)cc3)cc(=O)oc2c1. The summed E-state index contributed by atoms with van der Waals surface area (Å²) >= 11 is 0. The van der Waals surface area contributed by atoms with Crippen molar-refractivity contribution in [2.45, 2.75) is 0 Å². The summed E-state index contributed by atoms with van der Waals surface area (Å²) < 4.78 is 16.2. The number of fused-ring (bicyclic) bond motifs is 1. The Morgan fingerprint density at radius 2 is 1.41 bits per heavy atom. The highest BCUT2D eigenvalue weighted by Gasteiger charge is 2.15. The van der Waals surface area contributed by atoms with Gasteiger partial charge in [-0.05, 0) is 16.7 Å². The molecular formula is C23H18O4. The molecule has 0 aliphatic heterocycles. The minimum atomic E-state index is -0.417. The molecule has 0 aliphatic carbocycles. The van der Waals surface area contributed by atoms with Gasteiger partial charge in [0.15, 0.2) is 0 Å². The van der Waals surface area contributed by atoms with Gasteiger partial charge in [-0.15, -0.1) is 0 Å². The number of hydrogen-bond acceptors (Lipinski definition) is 4. The summed E-state index contributed by atoms with van der Waals surface area (Å²) in [7, 11) is 3.15. The van der Waals surface area contributed by atoms with Crippen LogP contribution < -0.4 is 15.1 Å². The van der Waals surface area contributed by atoms with Gasteiger partial charge in [0.05, 0.1) is 19.6 Å². The van der Waals surface area contributed by atoms with Crippen LogP contribution in [-0.2, 0) is 0 Å². The van der Waals surface area contributed by atoms with E-state index in [-0.39, 0.29) is 0 Å². The van der Waals surface area contributed by atoms with Crippen LogP contribution in [0.4, 0.5) is 0 Å². The van der Waals surface area contributed by atoms with Crippen LogP contribution in [0.5, 0.6) is 11.5 Å². The molecule has 27 heavy (non-hydrogen) atoms. The molecule has 0 radical (unpaired) electrons. The topological polar surface area (TPSA) is 48.7 Å². The Bertz CT molecular complexity index is 1140. The number of hydrogen-bond donors (Lipinski definition) is 0. The average molecular weight is 358 g/mol. The molecular weight excluding hydrogens is 340 g/mol. The fraction of sp³-hybridized carbons (Fsp3) is 0.0870. The van der Waals surface area contributed by atoms with Gasteiger partial charge in [0, 0.05) is 23.8 Å². The standard InChI is InChI=1S/C23H18O4/c1-25-18-12-20(26-2)23-19(14-22(24)27-21(23)13-18)17-10-8-16(9-11-17)15-6-4-3-5-7-15/h3-14H,1-2H3. The Morgan fingerprint density at radius 3 is 2.07 bits per heavy atom. The van der Waals surface area contributed by atoms with E-state index in [1.54, 1.807) is 26.4 Å². The van der Waals surface area contributed by atoms with E-state index >= 15 is 0 Å². The molecule has 134 valence electrons. The molecule has 3 aromatic carbocycles. The van der Waals surface area contributed by atoms with E-state index in [9.17, 15) is 4.79 Å². The molecule has 0 atom stereocenters. The maximum Gasteiger partial charge on any atom is 0.336 e. The minimum absolute atomic E-state index is 0.417. The Balaban J connectivity index is 1.89. The highest BCUT2D eigenvalue weighted by molar-refractivity contribution is 5.98. The Labute approximate surface area is 156 Å². The molecule has 0 unspecified atom stereocenters. The first-order valence-electron chi connectivity index (χ1n) is 8.55. The Kier molecular flexibility index (Phi) is 4.38. The van der Waals surface area contributed by atoms with Gasteiger partial charge in [-0.25, -0.2) is 4.79 Å². The number of methoxy groups -OCH3 is 2. The van der Waals surface area contributed by atoms with Crippen LogP contribution in [0, 0.1) is 0 Å². The van der Waals surface area contributed by atoms with Gasteiger partial charge in [0.25, 0.3) is 0 Å². The lowest BCUT2D eigenvalue weighted by molar-refractivity contribution is 0.396. The van der Waals surface area contributed by atoms with Crippen LogP contribution in [0.25, 0.3) is 33.2 Å². The molecule has 4 nitrogen and oxygen atoms in total. The molecule has 0 N–H and O–H groups in total. The van der Waals surface area contributed by atoms with Gasteiger partial charge in [-0.2, -0.15) is 0 Å². The second kappa shape index (κ2) is 7.00. The summed E-state index contributed by atoms with van der Waals surface area (Å²) in [5, 5.41) is 0.741. The zero-order valence-corrected chi connectivity index (χ0v) is 15.1. The van der Waals surface area contributed by atoms with Gasteiger partial charge in [-0.3, -0.25) is 0 Å². The maximum atomic E-state index is 12.1. The van der Waals surface area contributed by atoms with Crippen LogP contribution in [0.15, 0.2) is 82.0 Å². The minimum Gasteiger partial charge on any atom is -0.496 e. The third-order valence-electron chi connectivity index (χ3n) is 4.54. The largest absolute Gasteiger partial charge is 0.496 e. The predicted molar refractivity (Wildman–Crippen MR) is 106 cm³/mol. The molecule has 1 aromatic heterocycles. The predicted octanol–water partition coefficient (Wildman–Crippen LogP) is 5.14. The van der Waals surface area contributed by atoms with Crippen molar-refractivity contribution < 1.29 is 13.9 Å². The van der Waals surface area contributed by atoms with E-state index in [0.29, 0.717) is 17.1 Å². The first-order chi connectivity index (χ1) is 13.2. The first-order valence-corrected chi connectivity index (χ1v) is 8.55. The molecule has 0 saturated heterocycles. The molecule has 0 amide bonds. The number of benzene rings is 3. The molecule has 0 bridgehead atoms. The summed E-state index contributed by atoms with van der Waals surface area (Å²) in [6.45, 7) is 0. The van der Waals surface area contributed by atoms with Gasteiger partial charge < -0.3 is 13.9 Å². The first kappa shape index (κ1) is 16.9. The van der Waals surface area contributed by atoms with E-state index in [2.05, 4.69) is 12.1 Å². The smallest absolute Gasteiger partial charge is 0.336 e. The molecule has 4 heteroatoms. The molecule has 0 saturated carbocycles. The lowest BCUT2D eigenvalue weighted by Crippen LogP contribution is -2.00. The number of ether oxygens (including phenoxy) is 2. The summed E-state index contributed by atoms with van der Waals surface area (Å²) in [6.07, 6.45) is 0. The number of rotatable bonds is 4. The molecule has 0 aliphatic rings. The average Bonchev–Trinajstić information content (AvgIpc) is 2.72. The summed E-state index contributed by atoms with van der Waals surface area (Å²) in [5.41, 5.74) is 3.95.